The van der Waals surface area contributed by atoms with Crippen LogP contribution in [0, 0.1) is 0 Å². The van der Waals surface area contributed by atoms with Gasteiger partial charge in [0.1, 0.15) is 6.61 Å². The molecule has 0 unspecified atom stereocenters. The molecule has 0 aliphatic heterocycles. The zero-order valence-electron chi connectivity index (χ0n) is 14.8. The highest BCUT2D eigenvalue weighted by atomic mass is 79.9. The summed E-state index contributed by atoms with van der Waals surface area (Å²) in [6, 6.07) is 13.8. The highest BCUT2D eigenvalue weighted by Crippen LogP contribution is 2.37. The number of halogens is 1. The van der Waals surface area contributed by atoms with Crippen LogP contribution in [0.5, 0.6) is 11.5 Å². The predicted octanol–water partition coefficient (Wildman–Crippen LogP) is 4.24. The third kappa shape index (κ3) is 6.31. The number of rotatable bonds is 8. The Bertz CT molecular complexity index is 754. The van der Waals surface area contributed by atoms with Crippen molar-refractivity contribution >= 4 is 39.5 Å². The van der Waals surface area contributed by atoms with Crippen LogP contribution in [0.3, 0.4) is 0 Å². The fraction of sp³-hybridized carbons (Fsp3) is 0.263. The van der Waals surface area contributed by atoms with E-state index in [2.05, 4.69) is 31.8 Å². The summed E-state index contributed by atoms with van der Waals surface area (Å²) in [6.07, 6.45) is 1.68. The molecule has 0 heterocycles. The third-order valence-corrected chi connectivity index (χ3v) is 4.10. The number of hydrogen-bond acceptors (Lipinski definition) is 4. The molecule has 0 aromatic heterocycles. The summed E-state index contributed by atoms with van der Waals surface area (Å²) in [4.78, 5) is 0. The number of hydrogen-bond donors (Lipinski definition) is 2. The number of thiocarbonyl (C=S) groups is 1. The van der Waals surface area contributed by atoms with Crippen LogP contribution in [0.1, 0.15) is 25.0 Å². The zero-order valence-corrected chi connectivity index (χ0v) is 17.2. The average Bonchev–Trinajstić information content (AvgIpc) is 2.62. The van der Waals surface area contributed by atoms with Crippen molar-refractivity contribution in [2.75, 3.05) is 13.2 Å². The molecule has 7 heteroatoms. The van der Waals surface area contributed by atoms with Crippen LogP contribution in [-0.2, 0) is 6.61 Å². The van der Waals surface area contributed by atoms with Gasteiger partial charge in [-0.15, -0.1) is 0 Å². The molecular weight excluding hydrogens is 414 g/mol. The highest BCUT2D eigenvalue weighted by Gasteiger charge is 2.12. The van der Waals surface area contributed by atoms with Crippen LogP contribution >= 0.6 is 28.1 Å². The van der Waals surface area contributed by atoms with Crippen molar-refractivity contribution in [3.63, 3.8) is 0 Å². The minimum atomic E-state index is 0.464. The quantitative estimate of drug-likeness (QED) is 0.368. The second-order valence-electron chi connectivity index (χ2n) is 5.27. The second kappa shape index (κ2) is 10.8. The van der Waals surface area contributed by atoms with Crippen LogP contribution in [0.15, 0.2) is 52.0 Å². The van der Waals surface area contributed by atoms with E-state index < -0.39 is 0 Å². The molecule has 2 aromatic carbocycles. The van der Waals surface area contributed by atoms with Gasteiger partial charge in [0.2, 0.25) is 0 Å². The summed E-state index contributed by atoms with van der Waals surface area (Å²) in [7, 11) is 0. The number of nitrogens with one attached hydrogen (secondary N) is 2. The van der Waals surface area contributed by atoms with E-state index in [0.29, 0.717) is 29.8 Å². The van der Waals surface area contributed by atoms with Gasteiger partial charge in [-0.25, -0.2) is 0 Å². The Morgan fingerprint density at radius 3 is 2.65 bits per heavy atom. The first-order chi connectivity index (χ1) is 12.6. The van der Waals surface area contributed by atoms with Gasteiger partial charge in [-0.2, -0.15) is 5.10 Å². The maximum atomic E-state index is 5.97. The molecule has 2 aromatic rings. The van der Waals surface area contributed by atoms with E-state index in [1.807, 2.05) is 56.3 Å². The van der Waals surface area contributed by atoms with E-state index >= 15 is 0 Å². The van der Waals surface area contributed by atoms with E-state index in [9.17, 15) is 0 Å². The van der Waals surface area contributed by atoms with Crippen molar-refractivity contribution in [1.29, 1.82) is 0 Å². The summed E-state index contributed by atoms with van der Waals surface area (Å²) in [5.41, 5.74) is 4.72. The number of hydrazone groups is 1. The molecular formula is C19H22BrN3O2S. The molecule has 0 atom stereocenters. The van der Waals surface area contributed by atoms with Crippen molar-refractivity contribution in [2.24, 2.45) is 5.10 Å². The third-order valence-electron chi connectivity index (χ3n) is 3.27. The minimum absolute atomic E-state index is 0.464. The predicted molar refractivity (Wildman–Crippen MR) is 113 cm³/mol. The Hall–Kier alpha value is -2.12. The molecule has 0 saturated carbocycles. The van der Waals surface area contributed by atoms with Crippen molar-refractivity contribution in [3.8, 4) is 11.5 Å². The van der Waals surface area contributed by atoms with Crippen molar-refractivity contribution in [3.05, 3.63) is 58.1 Å². The maximum Gasteiger partial charge on any atom is 0.186 e. The fourth-order valence-electron chi connectivity index (χ4n) is 2.16. The van der Waals surface area contributed by atoms with Crippen molar-refractivity contribution < 1.29 is 9.47 Å². The van der Waals surface area contributed by atoms with Crippen LogP contribution < -0.4 is 20.2 Å². The Morgan fingerprint density at radius 1 is 1.19 bits per heavy atom. The topological polar surface area (TPSA) is 54.9 Å². The molecule has 0 bridgehead atoms. The van der Waals surface area contributed by atoms with E-state index in [4.69, 9.17) is 21.7 Å². The van der Waals surface area contributed by atoms with Gasteiger partial charge in [-0.1, -0.05) is 30.3 Å². The van der Waals surface area contributed by atoms with E-state index in [1.165, 1.54) is 0 Å². The summed E-state index contributed by atoms with van der Waals surface area (Å²) in [5, 5.41) is 7.58. The highest BCUT2D eigenvalue weighted by molar-refractivity contribution is 9.10. The monoisotopic (exact) mass is 435 g/mol. The fourth-order valence-corrected chi connectivity index (χ4v) is 2.93. The molecule has 5 nitrogen and oxygen atoms in total. The van der Waals surface area contributed by atoms with Crippen LogP contribution in [-0.4, -0.2) is 24.5 Å². The lowest BCUT2D eigenvalue weighted by Gasteiger charge is -2.14. The van der Waals surface area contributed by atoms with Gasteiger partial charge in [0.25, 0.3) is 0 Å². The summed E-state index contributed by atoms with van der Waals surface area (Å²) in [6.45, 7) is 5.65. The normalized spacial score (nSPS) is 10.6. The van der Waals surface area contributed by atoms with E-state index in [-0.39, 0.29) is 0 Å². The molecule has 26 heavy (non-hydrogen) atoms. The summed E-state index contributed by atoms with van der Waals surface area (Å²) < 4.78 is 12.5. The number of nitrogens with zero attached hydrogens (tertiary/aromatic N) is 1. The summed E-state index contributed by atoms with van der Waals surface area (Å²) in [5.74, 6) is 1.33. The number of ether oxygens (including phenoxy) is 2. The van der Waals surface area contributed by atoms with Gasteiger partial charge >= 0.3 is 0 Å². The minimum Gasteiger partial charge on any atom is -0.490 e. The molecule has 0 saturated heterocycles. The Labute approximate surface area is 167 Å². The van der Waals surface area contributed by atoms with Crippen LogP contribution in [0.4, 0.5) is 0 Å². The Balaban J connectivity index is 2.13. The molecule has 0 fully saturated rings. The van der Waals surface area contributed by atoms with Gasteiger partial charge in [-0.05, 0) is 65.3 Å². The molecule has 0 aliphatic rings. The lowest BCUT2D eigenvalue weighted by atomic mass is 10.2. The SMILES string of the molecule is CCNC(=S)N/N=C\c1cc(Br)c(OCc2ccccc2)c(OCC)c1. The maximum absolute atomic E-state index is 5.97. The standard InChI is InChI=1S/C19H22BrN3O2S/c1-3-21-19(26)23-22-12-15-10-16(20)18(17(11-15)24-4-2)25-13-14-8-6-5-7-9-14/h5-12H,3-4,13H2,1-2H3,(H2,21,23,26)/b22-12-. The van der Waals surface area contributed by atoms with Crippen molar-refractivity contribution in [1.82, 2.24) is 10.7 Å². The van der Waals surface area contributed by atoms with E-state index in [1.54, 1.807) is 6.21 Å². The first-order valence-corrected chi connectivity index (χ1v) is 9.54. The molecule has 0 aliphatic carbocycles. The molecule has 138 valence electrons. The van der Waals surface area contributed by atoms with E-state index in [0.717, 1.165) is 22.1 Å². The van der Waals surface area contributed by atoms with Gasteiger partial charge in [0.05, 0.1) is 17.3 Å². The molecule has 2 N–H and O–H groups in total. The van der Waals surface area contributed by atoms with Gasteiger partial charge < -0.3 is 14.8 Å². The van der Waals surface area contributed by atoms with Crippen LogP contribution in [0.2, 0.25) is 0 Å². The zero-order chi connectivity index (χ0) is 18.8. The molecule has 0 spiro atoms. The summed E-state index contributed by atoms with van der Waals surface area (Å²) >= 11 is 8.64. The Morgan fingerprint density at radius 2 is 1.96 bits per heavy atom. The van der Waals surface area contributed by atoms with Crippen LogP contribution in [0.25, 0.3) is 0 Å². The Kier molecular flexibility index (Phi) is 8.37. The lowest BCUT2D eigenvalue weighted by Crippen LogP contribution is -2.31. The molecule has 0 amide bonds. The van der Waals surface area contributed by atoms with Gasteiger partial charge in [0, 0.05) is 6.54 Å². The average molecular weight is 436 g/mol. The molecule has 2 rings (SSSR count). The smallest absolute Gasteiger partial charge is 0.186 e. The largest absolute Gasteiger partial charge is 0.490 e. The van der Waals surface area contributed by atoms with Crippen molar-refractivity contribution in [2.45, 2.75) is 20.5 Å². The van der Waals surface area contributed by atoms with Gasteiger partial charge in [0.15, 0.2) is 16.6 Å². The van der Waals surface area contributed by atoms with Gasteiger partial charge in [-0.3, -0.25) is 5.43 Å². The second-order valence-corrected chi connectivity index (χ2v) is 6.53. The first-order valence-electron chi connectivity index (χ1n) is 8.34. The molecule has 0 radical (unpaired) electrons. The lowest BCUT2D eigenvalue weighted by molar-refractivity contribution is 0.267. The first kappa shape index (κ1) is 20.2. The number of benzene rings is 2.